The molecule has 0 spiro atoms. The van der Waals surface area contributed by atoms with Gasteiger partial charge >= 0.3 is 0 Å². The molecule has 158 valence electrons. The van der Waals surface area contributed by atoms with E-state index in [0.29, 0.717) is 16.9 Å². The molecule has 0 bridgehead atoms. The predicted octanol–water partition coefficient (Wildman–Crippen LogP) is 4.47. The van der Waals surface area contributed by atoms with Crippen molar-refractivity contribution in [2.75, 3.05) is 16.0 Å². The summed E-state index contributed by atoms with van der Waals surface area (Å²) in [4.78, 5) is 36.7. The van der Waals surface area contributed by atoms with Crippen LogP contribution in [0.1, 0.15) is 38.8 Å². The van der Waals surface area contributed by atoms with Crippen molar-refractivity contribution in [1.29, 1.82) is 0 Å². The fourth-order valence-electron chi connectivity index (χ4n) is 3.01. The third-order valence-corrected chi connectivity index (χ3v) is 4.82. The molecule has 0 saturated heterocycles. The van der Waals surface area contributed by atoms with Crippen LogP contribution in [0.5, 0.6) is 5.75 Å². The molecule has 4 N–H and O–H groups in total. The number of benzene rings is 3. The van der Waals surface area contributed by atoms with Crippen molar-refractivity contribution in [3.8, 4) is 5.75 Å². The summed E-state index contributed by atoms with van der Waals surface area (Å²) in [7, 11) is 0. The van der Waals surface area contributed by atoms with E-state index in [0.717, 1.165) is 11.1 Å². The van der Waals surface area contributed by atoms with Crippen molar-refractivity contribution in [2.45, 2.75) is 20.8 Å². The SMILES string of the molecule is CC(=O)Nc1ccc(C(=O)Nc2ccc(O)cc2C(=O)Nc2cccc(C)c2C)cc1. The molecule has 0 aliphatic rings. The normalized spacial score (nSPS) is 10.3. The maximum Gasteiger partial charge on any atom is 0.257 e. The summed E-state index contributed by atoms with van der Waals surface area (Å²) in [5, 5.41) is 18.0. The van der Waals surface area contributed by atoms with Gasteiger partial charge in [-0.3, -0.25) is 14.4 Å². The number of aryl methyl sites for hydroxylation is 1. The Morgan fingerprint density at radius 3 is 2.13 bits per heavy atom. The molecule has 3 amide bonds. The number of aromatic hydroxyl groups is 1. The Bertz CT molecular complexity index is 1150. The third-order valence-electron chi connectivity index (χ3n) is 4.82. The van der Waals surface area contributed by atoms with Gasteiger partial charge in [-0.1, -0.05) is 12.1 Å². The van der Waals surface area contributed by atoms with Crippen LogP contribution >= 0.6 is 0 Å². The maximum absolute atomic E-state index is 12.9. The Hall–Kier alpha value is -4.13. The zero-order chi connectivity index (χ0) is 22.5. The van der Waals surface area contributed by atoms with Crippen LogP contribution < -0.4 is 16.0 Å². The first-order chi connectivity index (χ1) is 14.7. The number of amides is 3. The minimum absolute atomic E-state index is 0.0937. The van der Waals surface area contributed by atoms with E-state index >= 15 is 0 Å². The van der Waals surface area contributed by atoms with Crippen LogP contribution in [-0.2, 0) is 4.79 Å². The molecule has 7 nitrogen and oxygen atoms in total. The van der Waals surface area contributed by atoms with Gasteiger partial charge in [0.25, 0.3) is 11.8 Å². The van der Waals surface area contributed by atoms with Gasteiger partial charge in [0, 0.05) is 23.9 Å². The van der Waals surface area contributed by atoms with Crippen molar-refractivity contribution < 1.29 is 19.5 Å². The van der Waals surface area contributed by atoms with Crippen LogP contribution in [0.2, 0.25) is 0 Å². The number of anilines is 3. The van der Waals surface area contributed by atoms with Crippen LogP contribution in [0.15, 0.2) is 60.7 Å². The Kier molecular flexibility index (Phi) is 6.35. The van der Waals surface area contributed by atoms with E-state index in [-0.39, 0.29) is 22.9 Å². The minimum atomic E-state index is -0.457. The lowest BCUT2D eigenvalue weighted by Gasteiger charge is -2.14. The highest BCUT2D eigenvalue weighted by Gasteiger charge is 2.17. The molecule has 0 fully saturated rings. The van der Waals surface area contributed by atoms with Gasteiger partial charge in [-0.2, -0.15) is 0 Å². The lowest BCUT2D eigenvalue weighted by molar-refractivity contribution is -0.114. The number of hydrogen-bond acceptors (Lipinski definition) is 4. The molecule has 31 heavy (non-hydrogen) atoms. The Labute approximate surface area is 180 Å². The number of hydrogen-bond donors (Lipinski definition) is 4. The molecule has 0 atom stereocenters. The zero-order valence-corrected chi connectivity index (χ0v) is 17.4. The number of carbonyl (C=O) groups excluding carboxylic acids is 3. The second-order valence-corrected chi connectivity index (χ2v) is 7.14. The molecule has 0 unspecified atom stereocenters. The number of rotatable bonds is 5. The number of carbonyl (C=O) groups is 3. The zero-order valence-electron chi connectivity index (χ0n) is 17.4. The molecule has 0 aliphatic carbocycles. The Morgan fingerprint density at radius 1 is 0.774 bits per heavy atom. The molecule has 0 radical (unpaired) electrons. The average molecular weight is 417 g/mol. The first-order valence-electron chi connectivity index (χ1n) is 9.64. The van der Waals surface area contributed by atoms with Gasteiger partial charge in [0.05, 0.1) is 11.3 Å². The molecule has 0 heterocycles. The highest BCUT2D eigenvalue weighted by molar-refractivity contribution is 6.13. The van der Waals surface area contributed by atoms with E-state index in [1.54, 1.807) is 30.3 Å². The van der Waals surface area contributed by atoms with E-state index in [1.807, 2.05) is 26.0 Å². The fraction of sp³-hybridized carbons (Fsp3) is 0.125. The quantitative estimate of drug-likeness (QED) is 0.459. The van der Waals surface area contributed by atoms with E-state index in [2.05, 4.69) is 16.0 Å². The second-order valence-electron chi connectivity index (χ2n) is 7.14. The molecule has 7 heteroatoms. The lowest BCUT2D eigenvalue weighted by Crippen LogP contribution is -2.18. The summed E-state index contributed by atoms with van der Waals surface area (Å²) in [6.07, 6.45) is 0. The Morgan fingerprint density at radius 2 is 1.45 bits per heavy atom. The number of nitrogens with one attached hydrogen (secondary N) is 3. The smallest absolute Gasteiger partial charge is 0.257 e. The van der Waals surface area contributed by atoms with Gasteiger partial charge in [-0.05, 0) is 73.5 Å². The van der Waals surface area contributed by atoms with Gasteiger partial charge < -0.3 is 21.1 Å². The number of phenolic OH excluding ortho intramolecular Hbond substituents is 1. The highest BCUT2D eigenvalue weighted by atomic mass is 16.3. The molecule has 3 aromatic rings. The van der Waals surface area contributed by atoms with Gasteiger partial charge in [0.15, 0.2) is 0 Å². The van der Waals surface area contributed by atoms with Gasteiger partial charge in [0.2, 0.25) is 5.91 Å². The molecule has 3 rings (SSSR count). The van der Waals surface area contributed by atoms with E-state index in [4.69, 9.17) is 0 Å². The topological polar surface area (TPSA) is 108 Å². The summed E-state index contributed by atoms with van der Waals surface area (Å²) in [5.41, 5.74) is 3.93. The highest BCUT2D eigenvalue weighted by Crippen LogP contribution is 2.25. The van der Waals surface area contributed by atoms with E-state index in [9.17, 15) is 19.5 Å². The third kappa shape index (κ3) is 5.27. The average Bonchev–Trinajstić information content (AvgIpc) is 2.72. The van der Waals surface area contributed by atoms with Gasteiger partial charge in [-0.25, -0.2) is 0 Å². The van der Waals surface area contributed by atoms with E-state index < -0.39 is 11.8 Å². The van der Waals surface area contributed by atoms with Crippen LogP contribution in [0.4, 0.5) is 17.1 Å². The van der Waals surface area contributed by atoms with Gasteiger partial charge in [-0.15, -0.1) is 0 Å². The summed E-state index contributed by atoms with van der Waals surface area (Å²) in [6, 6.07) is 16.1. The molecular weight excluding hydrogens is 394 g/mol. The van der Waals surface area contributed by atoms with Crippen molar-refractivity contribution in [3.05, 3.63) is 82.9 Å². The van der Waals surface area contributed by atoms with Crippen LogP contribution in [0.3, 0.4) is 0 Å². The standard InChI is InChI=1S/C24H23N3O4/c1-14-5-4-6-21(15(14)2)26-24(31)20-13-19(29)11-12-22(20)27-23(30)17-7-9-18(10-8-17)25-16(3)28/h4-13,29H,1-3H3,(H,25,28)(H,26,31)(H,27,30). The largest absolute Gasteiger partial charge is 0.508 e. The lowest BCUT2D eigenvalue weighted by atomic mass is 10.1. The van der Waals surface area contributed by atoms with Gasteiger partial charge in [0.1, 0.15) is 5.75 Å². The maximum atomic E-state index is 12.9. The number of phenols is 1. The second kappa shape index (κ2) is 9.13. The summed E-state index contributed by atoms with van der Waals surface area (Å²) in [6.45, 7) is 5.25. The van der Waals surface area contributed by atoms with Crippen LogP contribution in [-0.4, -0.2) is 22.8 Å². The molecule has 3 aromatic carbocycles. The summed E-state index contributed by atoms with van der Waals surface area (Å²) < 4.78 is 0. The van der Waals surface area contributed by atoms with Crippen molar-refractivity contribution in [2.24, 2.45) is 0 Å². The van der Waals surface area contributed by atoms with E-state index in [1.165, 1.54) is 25.1 Å². The monoisotopic (exact) mass is 417 g/mol. The fourth-order valence-corrected chi connectivity index (χ4v) is 3.01. The molecule has 0 aromatic heterocycles. The van der Waals surface area contributed by atoms with Crippen LogP contribution in [0, 0.1) is 13.8 Å². The Balaban J connectivity index is 1.82. The molecular formula is C24H23N3O4. The first kappa shape index (κ1) is 21.6. The van der Waals surface area contributed by atoms with Crippen molar-refractivity contribution in [1.82, 2.24) is 0 Å². The van der Waals surface area contributed by atoms with Crippen LogP contribution in [0.25, 0.3) is 0 Å². The van der Waals surface area contributed by atoms with Crippen molar-refractivity contribution >= 4 is 34.8 Å². The van der Waals surface area contributed by atoms with Crippen molar-refractivity contribution in [3.63, 3.8) is 0 Å². The summed E-state index contributed by atoms with van der Waals surface area (Å²) >= 11 is 0. The first-order valence-corrected chi connectivity index (χ1v) is 9.64. The molecule has 0 saturated carbocycles. The summed E-state index contributed by atoms with van der Waals surface area (Å²) in [5.74, 6) is -1.19. The predicted molar refractivity (Wildman–Crippen MR) is 121 cm³/mol. The molecule has 0 aliphatic heterocycles. The minimum Gasteiger partial charge on any atom is -0.508 e.